The molecule has 0 saturated carbocycles. The van der Waals surface area contributed by atoms with Crippen molar-refractivity contribution in [3.63, 3.8) is 0 Å². The fourth-order valence-corrected chi connectivity index (χ4v) is 5.11. The van der Waals surface area contributed by atoms with Crippen LogP contribution in [0.1, 0.15) is 53.4 Å². The number of allylic oxidation sites excluding steroid dienone is 2. The Balaban J connectivity index is 1.87. The molecule has 0 amide bonds. The Hall–Kier alpha value is -2.50. The zero-order valence-electron chi connectivity index (χ0n) is 26.7. The summed E-state index contributed by atoms with van der Waals surface area (Å²) in [5, 5.41) is 63.2. The van der Waals surface area contributed by atoms with Gasteiger partial charge in [-0.2, -0.15) is 0 Å². The van der Waals surface area contributed by atoms with Crippen molar-refractivity contribution in [1.82, 2.24) is 0 Å². The molecule has 0 aromatic rings. The molecule has 3 rings (SSSR count). The zero-order chi connectivity index (χ0) is 34.4. The Morgan fingerprint density at radius 2 is 1.00 bits per heavy atom. The average Bonchev–Trinajstić information content (AvgIpc) is 3.03. The zero-order valence-corrected chi connectivity index (χ0v) is 26.7. The standard InChI is InChI=1S/C32H48O14/c1-7-31(5)13-9-11-17(3)27(39)42-16-20-22(34)24(36)26(38)30(44-20)46-32(6,8-2)14-10-12-18(4)28(40)41-15-19-21(33)23(35)25(37)29(43-19)45-31/h7-8,11-12,19-26,29-30,33-38H,1-2,9-10,13-16H2,3-6H3/b17-11+,18-12+/t19-,20-,21-,22-,23-,24-,25-,26-,29-,30+,31?,32?/m1/s1. The molecule has 0 aromatic heterocycles. The monoisotopic (exact) mass is 656 g/mol. The minimum Gasteiger partial charge on any atom is -0.459 e. The van der Waals surface area contributed by atoms with E-state index in [1.54, 1.807) is 26.0 Å². The van der Waals surface area contributed by atoms with Crippen molar-refractivity contribution in [3.05, 3.63) is 48.6 Å². The molecule has 3 aliphatic heterocycles. The van der Waals surface area contributed by atoms with Crippen LogP contribution < -0.4 is 0 Å². The van der Waals surface area contributed by atoms with Crippen molar-refractivity contribution >= 4 is 11.9 Å². The molecule has 2 unspecified atom stereocenters. The van der Waals surface area contributed by atoms with Crippen molar-refractivity contribution < 1.29 is 68.6 Å². The number of cyclic esters (lactones) is 2. The van der Waals surface area contributed by atoms with Gasteiger partial charge in [0, 0.05) is 11.1 Å². The number of carbonyl (C=O) groups excluding carboxylic acids is 2. The van der Waals surface area contributed by atoms with Gasteiger partial charge in [0.15, 0.2) is 12.6 Å². The maximum Gasteiger partial charge on any atom is 0.333 e. The fraction of sp³-hybridized carbons (Fsp3) is 0.688. The lowest BCUT2D eigenvalue weighted by Gasteiger charge is -2.43. The number of hydrogen-bond acceptors (Lipinski definition) is 14. The molecule has 6 N–H and O–H groups in total. The third-order valence-corrected chi connectivity index (χ3v) is 8.56. The second kappa shape index (κ2) is 16.1. The maximum absolute atomic E-state index is 12.7. The molecule has 0 radical (unpaired) electrons. The summed E-state index contributed by atoms with van der Waals surface area (Å²) in [5.74, 6) is -1.44. The first-order valence-corrected chi connectivity index (χ1v) is 15.2. The number of aliphatic hydroxyl groups excluding tert-OH is 6. The highest BCUT2D eigenvalue weighted by Gasteiger charge is 2.48. The number of aliphatic hydroxyl groups is 6. The SMILES string of the molecule is C=CC1(C)CC/C=C(\C)C(=O)OC[C@H]2O[C@@H](OC(C)(C=C)CC/C=C(\C)C(=O)OC[C@H]3O[C@H](O1)[C@H](O)[C@H](O)[C@@H]3O)[C@H](O)[C@H](O)[C@@H]2O. The summed E-state index contributed by atoms with van der Waals surface area (Å²) in [6.45, 7) is 13.0. The molecule has 46 heavy (non-hydrogen) atoms. The summed E-state index contributed by atoms with van der Waals surface area (Å²) >= 11 is 0. The molecule has 12 atom stereocenters. The third-order valence-electron chi connectivity index (χ3n) is 8.56. The lowest BCUT2D eigenvalue weighted by atomic mass is 9.96. The molecule has 0 aliphatic carbocycles. The molecule has 3 aliphatic rings. The lowest BCUT2D eigenvalue weighted by molar-refractivity contribution is -0.320. The van der Waals surface area contributed by atoms with Crippen LogP contribution in [0.25, 0.3) is 0 Å². The van der Waals surface area contributed by atoms with Crippen LogP contribution in [0.4, 0.5) is 0 Å². The Labute approximate surface area is 268 Å². The molecule has 14 nitrogen and oxygen atoms in total. The molecular weight excluding hydrogens is 608 g/mol. The topological polar surface area (TPSA) is 211 Å². The van der Waals surface area contributed by atoms with E-state index in [4.69, 9.17) is 28.4 Å². The Kier molecular flexibility index (Phi) is 13.3. The third kappa shape index (κ3) is 9.31. The Morgan fingerprint density at radius 3 is 1.33 bits per heavy atom. The normalized spacial score (nSPS) is 45.0. The Bertz CT molecular complexity index is 1070. The number of fused-ring (bicyclic) bond motifs is 4. The highest BCUT2D eigenvalue weighted by atomic mass is 16.7. The van der Waals surface area contributed by atoms with Gasteiger partial charge in [0.05, 0.1) is 11.2 Å². The molecule has 2 saturated heterocycles. The van der Waals surface area contributed by atoms with E-state index in [-0.39, 0.29) is 36.8 Å². The van der Waals surface area contributed by atoms with E-state index in [9.17, 15) is 40.2 Å². The van der Waals surface area contributed by atoms with Crippen LogP contribution in [0.3, 0.4) is 0 Å². The van der Waals surface area contributed by atoms with Crippen molar-refractivity contribution in [1.29, 1.82) is 0 Å². The summed E-state index contributed by atoms with van der Waals surface area (Å²) in [7, 11) is 0. The minimum absolute atomic E-state index is 0.219. The first-order chi connectivity index (χ1) is 21.5. The number of hydrogen-bond donors (Lipinski definition) is 6. The van der Waals surface area contributed by atoms with E-state index >= 15 is 0 Å². The first kappa shape index (κ1) is 38.0. The quantitative estimate of drug-likeness (QED) is 0.172. The van der Waals surface area contributed by atoms with Gasteiger partial charge in [-0.1, -0.05) is 24.3 Å². The minimum atomic E-state index is -1.66. The van der Waals surface area contributed by atoms with Crippen molar-refractivity contribution in [3.8, 4) is 0 Å². The molecule has 2 fully saturated rings. The summed E-state index contributed by atoms with van der Waals surface area (Å²) in [5.41, 5.74) is -1.82. The molecule has 4 bridgehead atoms. The number of carbonyl (C=O) groups is 2. The fourth-order valence-electron chi connectivity index (χ4n) is 5.11. The van der Waals surface area contributed by atoms with E-state index in [1.807, 2.05) is 0 Å². The molecule has 0 aromatic carbocycles. The van der Waals surface area contributed by atoms with Gasteiger partial charge in [0.25, 0.3) is 0 Å². The van der Waals surface area contributed by atoms with Crippen LogP contribution >= 0.6 is 0 Å². The van der Waals surface area contributed by atoms with Gasteiger partial charge in [0.2, 0.25) is 0 Å². The van der Waals surface area contributed by atoms with Crippen LogP contribution in [0.2, 0.25) is 0 Å². The maximum atomic E-state index is 12.7. The number of ether oxygens (including phenoxy) is 6. The van der Waals surface area contributed by atoms with Gasteiger partial charge in [-0.15, -0.1) is 13.2 Å². The largest absolute Gasteiger partial charge is 0.459 e. The van der Waals surface area contributed by atoms with Crippen LogP contribution in [0.5, 0.6) is 0 Å². The summed E-state index contributed by atoms with van der Waals surface area (Å²) < 4.78 is 34.1. The lowest BCUT2D eigenvalue weighted by Crippen LogP contribution is -2.60. The van der Waals surface area contributed by atoms with Crippen LogP contribution in [-0.2, 0) is 38.0 Å². The predicted octanol–water partition coefficient (Wildman–Crippen LogP) is 0.0772. The first-order valence-electron chi connectivity index (χ1n) is 15.2. The van der Waals surface area contributed by atoms with Crippen LogP contribution in [-0.4, -0.2) is 128 Å². The van der Waals surface area contributed by atoms with E-state index in [0.29, 0.717) is 0 Å². The van der Waals surface area contributed by atoms with Crippen molar-refractivity contribution in [2.45, 2.75) is 126 Å². The number of rotatable bonds is 2. The highest BCUT2D eigenvalue weighted by molar-refractivity contribution is 5.88. The molecule has 260 valence electrons. The van der Waals surface area contributed by atoms with Gasteiger partial charge >= 0.3 is 11.9 Å². The summed E-state index contributed by atoms with van der Waals surface area (Å²) in [4.78, 5) is 25.5. The average molecular weight is 657 g/mol. The van der Waals surface area contributed by atoms with Gasteiger partial charge in [-0.25, -0.2) is 9.59 Å². The van der Waals surface area contributed by atoms with Gasteiger partial charge in [-0.3, -0.25) is 0 Å². The van der Waals surface area contributed by atoms with Crippen LogP contribution in [0, 0.1) is 0 Å². The molecular formula is C32H48O14. The molecule has 14 heteroatoms. The van der Waals surface area contributed by atoms with E-state index in [0.717, 1.165) is 0 Å². The smallest absolute Gasteiger partial charge is 0.333 e. The van der Waals surface area contributed by atoms with E-state index < -0.39 is 97.8 Å². The second-order valence-electron chi connectivity index (χ2n) is 12.3. The summed E-state index contributed by atoms with van der Waals surface area (Å²) in [6.07, 6.45) is -7.94. The van der Waals surface area contributed by atoms with Gasteiger partial charge in [0.1, 0.15) is 62.0 Å². The van der Waals surface area contributed by atoms with Crippen molar-refractivity contribution in [2.75, 3.05) is 13.2 Å². The van der Waals surface area contributed by atoms with E-state index in [2.05, 4.69) is 13.2 Å². The Morgan fingerprint density at radius 1 is 0.652 bits per heavy atom. The molecule has 3 heterocycles. The highest BCUT2D eigenvalue weighted by Crippen LogP contribution is 2.31. The van der Waals surface area contributed by atoms with Gasteiger partial charge < -0.3 is 59.1 Å². The predicted molar refractivity (Wildman–Crippen MR) is 161 cm³/mol. The van der Waals surface area contributed by atoms with E-state index in [1.165, 1.54) is 26.0 Å². The van der Waals surface area contributed by atoms with Crippen molar-refractivity contribution in [2.24, 2.45) is 0 Å². The second-order valence-corrected chi connectivity index (χ2v) is 12.3. The van der Waals surface area contributed by atoms with Crippen LogP contribution in [0.15, 0.2) is 48.6 Å². The number of esters is 2. The molecule has 0 spiro atoms. The van der Waals surface area contributed by atoms with Gasteiger partial charge in [-0.05, 0) is 53.4 Å². The summed E-state index contributed by atoms with van der Waals surface area (Å²) in [6, 6.07) is 0.